The Morgan fingerprint density at radius 1 is 1.15 bits per heavy atom. The molecule has 2 heterocycles. The van der Waals surface area contributed by atoms with Crippen molar-refractivity contribution < 1.29 is 0 Å². The number of hydrogen-bond donors (Lipinski definition) is 1. The molecule has 2 aromatic rings. The molecule has 0 aliphatic heterocycles. The Kier molecular flexibility index (Phi) is 5.04. The van der Waals surface area contributed by atoms with E-state index in [0.29, 0.717) is 10.8 Å². The normalized spacial score (nSPS) is 10.8. The van der Waals surface area contributed by atoms with Gasteiger partial charge < -0.3 is 5.32 Å². The highest BCUT2D eigenvalue weighted by Gasteiger charge is 2.10. The summed E-state index contributed by atoms with van der Waals surface area (Å²) in [6.07, 6.45) is 2.73. The zero-order valence-corrected chi connectivity index (χ0v) is 12.8. The molecular weight excluding hydrogens is 272 g/mol. The van der Waals surface area contributed by atoms with Crippen molar-refractivity contribution in [3.05, 3.63) is 40.3 Å². The molecule has 0 aromatic carbocycles. The van der Waals surface area contributed by atoms with Crippen molar-refractivity contribution >= 4 is 11.6 Å². The number of hydrogen-bond acceptors (Lipinski definition) is 4. The molecule has 20 heavy (non-hydrogen) atoms. The number of pyridine rings is 1. The Bertz CT molecular complexity index is 558. The van der Waals surface area contributed by atoms with Crippen molar-refractivity contribution in [2.75, 3.05) is 6.54 Å². The highest BCUT2D eigenvalue weighted by molar-refractivity contribution is 6.30. The maximum Gasteiger partial charge on any atom is 0.178 e. The number of nitrogens with zero attached hydrogens (tertiary/aromatic N) is 3. The Balaban J connectivity index is 2.27. The van der Waals surface area contributed by atoms with E-state index in [4.69, 9.17) is 11.6 Å². The van der Waals surface area contributed by atoms with Crippen molar-refractivity contribution in [3.63, 3.8) is 0 Å². The van der Waals surface area contributed by atoms with E-state index < -0.39 is 0 Å². The number of rotatable bonds is 5. The molecule has 0 spiro atoms. The fourth-order valence-corrected chi connectivity index (χ4v) is 2.12. The zero-order valence-electron chi connectivity index (χ0n) is 12.1. The number of nitrogens with one attached hydrogen (secondary N) is 1. The molecule has 106 valence electrons. The average Bonchev–Trinajstić information content (AvgIpc) is 2.42. The van der Waals surface area contributed by atoms with Crippen molar-refractivity contribution in [2.45, 2.75) is 33.7 Å². The molecule has 2 aromatic heterocycles. The standard InChI is InChI=1S/C15H19ClN4/c1-4-7-17-9-13-10(2)19-15(20-11(13)3)14-6-5-12(16)8-18-14/h5-6,8,17H,4,7,9H2,1-3H3. The molecule has 0 fully saturated rings. The summed E-state index contributed by atoms with van der Waals surface area (Å²) in [7, 11) is 0. The van der Waals surface area contributed by atoms with Gasteiger partial charge in [-0.15, -0.1) is 0 Å². The molecule has 0 amide bonds. The Morgan fingerprint density at radius 3 is 2.40 bits per heavy atom. The lowest BCUT2D eigenvalue weighted by Gasteiger charge is -2.11. The molecule has 0 bridgehead atoms. The van der Waals surface area contributed by atoms with Gasteiger partial charge in [0, 0.05) is 29.7 Å². The second-order valence-electron chi connectivity index (χ2n) is 4.74. The molecule has 0 aliphatic rings. The maximum absolute atomic E-state index is 5.85. The first-order chi connectivity index (χ1) is 9.61. The van der Waals surface area contributed by atoms with Crippen molar-refractivity contribution in [1.29, 1.82) is 0 Å². The van der Waals surface area contributed by atoms with Gasteiger partial charge in [0.05, 0.1) is 5.02 Å². The summed E-state index contributed by atoms with van der Waals surface area (Å²) >= 11 is 5.85. The number of aryl methyl sites for hydroxylation is 2. The van der Waals surface area contributed by atoms with Crippen LogP contribution in [-0.4, -0.2) is 21.5 Å². The minimum absolute atomic E-state index is 0.613. The molecule has 0 unspecified atom stereocenters. The molecule has 0 saturated heterocycles. The third kappa shape index (κ3) is 3.52. The first kappa shape index (κ1) is 14.9. The van der Waals surface area contributed by atoms with Gasteiger partial charge in [-0.1, -0.05) is 18.5 Å². The van der Waals surface area contributed by atoms with Crippen LogP contribution < -0.4 is 5.32 Å². The lowest BCUT2D eigenvalue weighted by molar-refractivity contribution is 0.665. The molecule has 0 aliphatic carbocycles. The minimum atomic E-state index is 0.613. The van der Waals surface area contributed by atoms with E-state index in [-0.39, 0.29) is 0 Å². The summed E-state index contributed by atoms with van der Waals surface area (Å²) in [5, 5.41) is 4.00. The van der Waals surface area contributed by atoms with Crippen LogP contribution in [0.25, 0.3) is 11.5 Å². The van der Waals surface area contributed by atoms with Gasteiger partial charge in [0.25, 0.3) is 0 Å². The molecule has 5 heteroatoms. The largest absolute Gasteiger partial charge is 0.313 e. The van der Waals surface area contributed by atoms with Gasteiger partial charge in [0.15, 0.2) is 5.82 Å². The van der Waals surface area contributed by atoms with Gasteiger partial charge in [-0.05, 0) is 38.9 Å². The maximum atomic E-state index is 5.85. The molecular formula is C15H19ClN4. The zero-order chi connectivity index (χ0) is 14.5. The van der Waals surface area contributed by atoms with Gasteiger partial charge in [-0.2, -0.15) is 0 Å². The van der Waals surface area contributed by atoms with E-state index >= 15 is 0 Å². The van der Waals surface area contributed by atoms with Crippen LogP contribution in [0, 0.1) is 13.8 Å². The van der Waals surface area contributed by atoms with E-state index in [1.54, 1.807) is 12.3 Å². The van der Waals surface area contributed by atoms with E-state index in [0.717, 1.165) is 42.2 Å². The lowest BCUT2D eigenvalue weighted by atomic mass is 10.1. The molecule has 0 atom stereocenters. The second kappa shape index (κ2) is 6.77. The minimum Gasteiger partial charge on any atom is -0.313 e. The van der Waals surface area contributed by atoms with Crippen LogP contribution in [0.1, 0.15) is 30.3 Å². The van der Waals surface area contributed by atoms with Crippen LogP contribution in [0.2, 0.25) is 5.02 Å². The van der Waals surface area contributed by atoms with Crippen molar-refractivity contribution in [1.82, 2.24) is 20.3 Å². The summed E-state index contributed by atoms with van der Waals surface area (Å²) in [6.45, 7) is 7.98. The van der Waals surface area contributed by atoms with Crippen molar-refractivity contribution in [2.24, 2.45) is 0 Å². The topological polar surface area (TPSA) is 50.7 Å². The predicted molar refractivity (Wildman–Crippen MR) is 81.7 cm³/mol. The fourth-order valence-electron chi connectivity index (χ4n) is 2.01. The van der Waals surface area contributed by atoms with Crippen molar-refractivity contribution in [3.8, 4) is 11.5 Å². The van der Waals surface area contributed by atoms with E-state index in [9.17, 15) is 0 Å². The van der Waals surface area contributed by atoms with Crippen LogP contribution in [0.3, 0.4) is 0 Å². The number of aromatic nitrogens is 3. The highest BCUT2D eigenvalue weighted by atomic mass is 35.5. The average molecular weight is 291 g/mol. The quantitative estimate of drug-likeness (QED) is 0.859. The molecule has 2 rings (SSSR count). The third-order valence-corrected chi connectivity index (χ3v) is 3.33. The van der Waals surface area contributed by atoms with Gasteiger partial charge in [0.2, 0.25) is 0 Å². The Hall–Kier alpha value is -1.52. The van der Waals surface area contributed by atoms with E-state index in [1.165, 1.54) is 0 Å². The van der Waals surface area contributed by atoms with Crippen LogP contribution >= 0.6 is 11.6 Å². The third-order valence-electron chi connectivity index (χ3n) is 3.11. The van der Waals surface area contributed by atoms with Crippen LogP contribution in [0.5, 0.6) is 0 Å². The van der Waals surface area contributed by atoms with Gasteiger partial charge in [-0.25, -0.2) is 9.97 Å². The van der Waals surface area contributed by atoms with E-state index in [1.807, 2.05) is 19.9 Å². The SMILES string of the molecule is CCCNCc1c(C)nc(-c2ccc(Cl)cn2)nc1C. The van der Waals surface area contributed by atoms with Crippen LogP contribution in [0.15, 0.2) is 18.3 Å². The van der Waals surface area contributed by atoms with Crippen LogP contribution in [0.4, 0.5) is 0 Å². The van der Waals surface area contributed by atoms with Gasteiger partial charge in [-0.3, -0.25) is 4.98 Å². The predicted octanol–water partition coefficient (Wildman–Crippen LogP) is 3.31. The molecule has 0 radical (unpaired) electrons. The number of halogens is 1. The first-order valence-corrected chi connectivity index (χ1v) is 7.16. The molecule has 4 nitrogen and oxygen atoms in total. The van der Waals surface area contributed by atoms with Gasteiger partial charge >= 0.3 is 0 Å². The van der Waals surface area contributed by atoms with Crippen LogP contribution in [-0.2, 0) is 6.54 Å². The summed E-state index contributed by atoms with van der Waals surface area (Å²) in [5.74, 6) is 0.649. The first-order valence-electron chi connectivity index (χ1n) is 6.78. The monoisotopic (exact) mass is 290 g/mol. The van der Waals surface area contributed by atoms with E-state index in [2.05, 4.69) is 27.2 Å². The summed E-state index contributed by atoms with van der Waals surface area (Å²) in [4.78, 5) is 13.4. The lowest BCUT2D eigenvalue weighted by Crippen LogP contribution is -2.17. The fraction of sp³-hybridized carbons (Fsp3) is 0.400. The molecule has 1 N–H and O–H groups in total. The Morgan fingerprint density at radius 2 is 1.85 bits per heavy atom. The highest BCUT2D eigenvalue weighted by Crippen LogP contribution is 2.18. The smallest absolute Gasteiger partial charge is 0.178 e. The summed E-state index contributed by atoms with van der Waals surface area (Å²) < 4.78 is 0. The van der Waals surface area contributed by atoms with Gasteiger partial charge in [0.1, 0.15) is 5.69 Å². The molecule has 0 saturated carbocycles. The second-order valence-corrected chi connectivity index (χ2v) is 5.17. The summed E-state index contributed by atoms with van der Waals surface area (Å²) in [6, 6.07) is 3.64. The Labute approximate surface area is 124 Å². The summed E-state index contributed by atoms with van der Waals surface area (Å²) in [5.41, 5.74) is 3.89.